The Morgan fingerprint density at radius 2 is 1.72 bits per heavy atom. The van der Waals surface area contributed by atoms with E-state index in [4.69, 9.17) is 46.4 Å². The molecule has 0 saturated carbocycles. The molecule has 9 heteroatoms. The van der Waals surface area contributed by atoms with Gasteiger partial charge in [0.15, 0.2) is 0 Å². The maximum absolute atomic E-state index is 13.2. The zero-order valence-electron chi connectivity index (χ0n) is 18.1. The molecule has 2 aromatic rings. The highest BCUT2D eigenvalue weighted by atomic mass is 35.5. The fourth-order valence-electron chi connectivity index (χ4n) is 3.10. The standard InChI is InChI=1S/C23H26Cl4N2O2S/c1-4-21(23(31)28-14(2)3)29(11-15-5-8-18(25)20(27)9-15)22(30)13-32-12-16-6-7-17(24)10-19(16)26/h5-10,14,21H,4,11-13H2,1-3H3,(H,28,31)/t21-/m0/s1. The fraction of sp³-hybridized carbons (Fsp3) is 0.391. The molecule has 0 aliphatic carbocycles. The van der Waals surface area contributed by atoms with Gasteiger partial charge in [-0.3, -0.25) is 9.59 Å². The lowest BCUT2D eigenvalue weighted by Crippen LogP contribution is -2.50. The first-order valence-electron chi connectivity index (χ1n) is 10.2. The highest BCUT2D eigenvalue weighted by Crippen LogP contribution is 2.26. The predicted molar refractivity (Wildman–Crippen MR) is 137 cm³/mol. The Morgan fingerprint density at radius 3 is 2.31 bits per heavy atom. The molecule has 2 amide bonds. The molecule has 1 N–H and O–H groups in total. The van der Waals surface area contributed by atoms with E-state index in [-0.39, 0.29) is 30.2 Å². The summed E-state index contributed by atoms with van der Waals surface area (Å²) < 4.78 is 0. The molecule has 0 saturated heterocycles. The van der Waals surface area contributed by atoms with E-state index in [1.54, 1.807) is 29.2 Å². The van der Waals surface area contributed by atoms with E-state index in [0.29, 0.717) is 32.3 Å². The van der Waals surface area contributed by atoms with Crippen LogP contribution in [0.1, 0.15) is 38.3 Å². The third kappa shape index (κ3) is 8.03. The molecule has 0 fully saturated rings. The van der Waals surface area contributed by atoms with Crippen LogP contribution in [-0.4, -0.2) is 34.6 Å². The molecular formula is C23H26Cl4N2O2S. The molecule has 0 aromatic heterocycles. The van der Waals surface area contributed by atoms with Crippen LogP contribution >= 0.6 is 58.2 Å². The van der Waals surface area contributed by atoms with Gasteiger partial charge < -0.3 is 10.2 Å². The van der Waals surface area contributed by atoms with Crippen LogP contribution in [0.15, 0.2) is 36.4 Å². The van der Waals surface area contributed by atoms with Crippen LogP contribution < -0.4 is 5.32 Å². The molecule has 174 valence electrons. The van der Waals surface area contributed by atoms with Crippen LogP contribution in [0.3, 0.4) is 0 Å². The molecule has 0 unspecified atom stereocenters. The highest BCUT2D eigenvalue weighted by Gasteiger charge is 2.29. The van der Waals surface area contributed by atoms with Crippen molar-refractivity contribution in [2.75, 3.05) is 5.75 Å². The fourth-order valence-corrected chi connectivity index (χ4v) is 4.89. The second-order valence-electron chi connectivity index (χ2n) is 7.59. The number of thioether (sulfide) groups is 1. The Kier molecular flexibility index (Phi) is 11.0. The average Bonchev–Trinajstić information content (AvgIpc) is 2.71. The number of carbonyl (C=O) groups is 2. The second kappa shape index (κ2) is 13.0. The molecule has 1 atom stereocenters. The van der Waals surface area contributed by atoms with Crippen molar-refractivity contribution in [1.82, 2.24) is 10.2 Å². The Morgan fingerprint density at radius 1 is 1.00 bits per heavy atom. The Bertz CT molecular complexity index is 956. The van der Waals surface area contributed by atoms with E-state index in [0.717, 1.165) is 11.1 Å². The van der Waals surface area contributed by atoms with Gasteiger partial charge in [0.1, 0.15) is 6.04 Å². The van der Waals surface area contributed by atoms with E-state index < -0.39 is 6.04 Å². The summed E-state index contributed by atoms with van der Waals surface area (Å²) in [6.07, 6.45) is 0.485. The summed E-state index contributed by atoms with van der Waals surface area (Å²) in [5.41, 5.74) is 1.70. The van der Waals surface area contributed by atoms with E-state index in [1.807, 2.05) is 32.9 Å². The summed E-state index contributed by atoms with van der Waals surface area (Å²) >= 11 is 25.8. The van der Waals surface area contributed by atoms with Crippen LogP contribution in [0.25, 0.3) is 0 Å². The zero-order chi connectivity index (χ0) is 23.8. The number of hydrogen-bond donors (Lipinski definition) is 1. The van der Waals surface area contributed by atoms with E-state index >= 15 is 0 Å². The van der Waals surface area contributed by atoms with Crippen LogP contribution in [0, 0.1) is 0 Å². The number of carbonyl (C=O) groups excluding carboxylic acids is 2. The van der Waals surface area contributed by atoms with E-state index in [9.17, 15) is 9.59 Å². The average molecular weight is 536 g/mol. The lowest BCUT2D eigenvalue weighted by Gasteiger charge is -2.31. The van der Waals surface area contributed by atoms with Crippen molar-refractivity contribution in [2.45, 2.75) is 51.6 Å². The lowest BCUT2D eigenvalue weighted by atomic mass is 10.1. The maximum Gasteiger partial charge on any atom is 0.243 e. The smallest absolute Gasteiger partial charge is 0.243 e. The zero-order valence-corrected chi connectivity index (χ0v) is 22.0. The SMILES string of the molecule is CC[C@@H](C(=O)NC(C)C)N(Cc1ccc(Cl)c(Cl)c1)C(=O)CSCc1ccc(Cl)cc1Cl. The van der Waals surface area contributed by atoms with Crippen molar-refractivity contribution in [3.8, 4) is 0 Å². The summed E-state index contributed by atoms with van der Waals surface area (Å²) in [5.74, 6) is 0.432. The molecule has 0 radical (unpaired) electrons. The minimum Gasteiger partial charge on any atom is -0.352 e. The van der Waals surface area contributed by atoms with Gasteiger partial charge in [0.2, 0.25) is 11.8 Å². The molecule has 0 aliphatic rings. The van der Waals surface area contributed by atoms with Crippen molar-refractivity contribution < 1.29 is 9.59 Å². The Hall–Kier alpha value is -1.11. The van der Waals surface area contributed by atoms with Crippen LogP contribution in [0.5, 0.6) is 0 Å². The largest absolute Gasteiger partial charge is 0.352 e. The van der Waals surface area contributed by atoms with Crippen LogP contribution in [0.2, 0.25) is 20.1 Å². The summed E-state index contributed by atoms with van der Waals surface area (Å²) in [5, 5.41) is 4.88. The normalized spacial score (nSPS) is 12.0. The lowest BCUT2D eigenvalue weighted by molar-refractivity contribution is -0.139. The van der Waals surface area contributed by atoms with Crippen LogP contribution in [0.4, 0.5) is 0 Å². The summed E-state index contributed by atoms with van der Waals surface area (Å²) in [4.78, 5) is 27.7. The topological polar surface area (TPSA) is 49.4 Å². The molecule has 2 rings (SSSR count). The molecule has 4 nitrogen and oxygen atoms in total. The monoisotopic (exact) mass is 534 g/mol. The van der Waals surface area contributed by atoms with Gasteiger partial charge in [0.05, 0.1) is 15.8 Å². The quantitative estimate of drug-likeness (QED) is 0.361. The van der Waals surface area contributed by atoms with Gasteiger partial charge >= 0.3 is 0 Å². The molecular weight excluding hydrogens is 510 g/mol. The number of rotatable bonds is 10. The van der Waals surface area contributed by atoms with E-state index in [2.05, 4.69) is 5.32 Å². The first kappa shape index (κ1) is 27.1. The summed E-state index contributed by atoms with van der Waals surface area (Å²) in [6, 6.07) is 9.89. The first-order chi connectivity index (χ1) is 15.1. The number of benzene rings is 2. The maximum atomic E-state index is 13.2. The van der Waals surface area contributed by atoms with Crippen molar-refractivity contribution >= 4 is 70.0 Å². The van der Waals surface area contributed by atoms with Gasteiger partial charge in [-0.05, 0) is 55.7 Å². The minimum absolute atomic E-state index is 0.0279. The van der Waals surface area contributed by atoms with Gasteiger partial charge in [0, 0.05) is 28.4 Å². The summed E-state index contributed by atoms with van der Waals surface area (Å²) in [7, 11) is 0. The molecule has 2 aromatic carbocycles. The molecule has 0 bridgehead atoms. The van der Waals surface area contributed by atoms with Crippen molar-refractivity contribution in [3.63, 3.8) is 0 Å². The Labute approximate surface area is 213 Å². The van der Waals surface area contributed by atoms with Crippen molar-refractivity contribution in [3.05, 3.63) is 67.6 Å². The van der Waals surface area contributed by atoms with Gasteiger partial charge in [0.25, 0.3) is 0 Å². The summed E-state index contributed by atoms with van der Waals surface area (Å²) in [6.45, 7) is 5.92. The number of halogens is 4. The predicted octanol–water partition coefficient (Wildman–Crippen LogP) is 6.87. The Balaban J connectivity index is 2.18. The number of nitrogens with one attached hydrogen (secondary N) is 1. The van der Waals surface area contributed by atoms with Crippen molar-refractivity contribution in [1.29, 1.82) is 0 Å². The number of amides is 2. The third-order valence-corrected chi connectivity index (χ3v) is 6.94. The second-order valence-corrected chi connectivity index (χ2v) is 10.2. The first-order valence-corrected chi connectivity index (χ1v) is 12.8. The van der Waals surface area contributed by atoms with Crippen LogP contribution in [-0.2, 0) is 21.9 Å². The molecule has 0 spiro atoms. The minimum atomic E-state index is -0.598. The van der Waals surface area contributed by atoms with Gasteiger partial charge in [-0.25, -0.2) is 0 Å². The molecule has 0 aliphatic heterocycles. The number of nitrogens with zero attached hydrogens (tertiary/aromatic N) is 1. The van der Waals surface area contributed by atoms with Crippen molar-refractivity contribution in [2.24, 2.45) is 0 Å². The molecule has 32 heavy (non-hydrogen) atoms. The highest BCUT2D eigenvalue weighted by molar-refractivity contribution is 7.99. The number of hydrogen-bond acceptors (Lipinski definition) is 3. The van der Waals surface area contributed by atoms with Gasteiger partial charge in [-0.1, -0.05) is 65.5 Å². The molecule has 0 heterocycles. The van der Waals surface area contributed by atoms with Gasteiger partial charge in [-0.2, -0.15) is 0 Å². The van der Waals surface area contributed by atoms with E-state index in [1.165, 1.54) is 11.8 Å². The third-order valence-electron chi connectivity index (χ3n) is 4.65. The van der Waals surface area contributed by atoms with Gasteiger partial charge in [-0.15, -0.1) is 11.8 Å².